The molecular formula is C25H28FN5OS. The molecule has 172 valence electrons. The normalized spacial score (nSPS) is 15.0. The number of likely N-dealkylation sites (tertiary alicyclic amines) is 1. The van der Waals surface area contributed by atoms with Crippen LogP contribution in [0.2, 0.25) is 0 Å². The summed E-state index contributed by atoms with van der Waals surface area (Å²) in [7, 11) is 0. The van der Waals surface area contributed by atoms with Gasteiger partial charge in [0.05, 0.1) is 22.1 Å². The van der Waals surface area contributed by atoms with Crippen molar-refractivity contribution < 1.29 is 9.18 Å². The van der Waals surface area contributed by atoms with Crippen LogP contribution in [0.3, 0.4) is 0 Å². The largest absolute Gasteiger partial charge is 0.326 e. The lowest BCUT2D eigenvalue weighted by atomic mass is 10.1. The number of thiazole rings is 1. The molecule has 1 aromatic carbocycles. The number of nitrogens with zero attached hydrogens (tertiary/aromatic N) is 4. The molecule has 3 aromatic heterocycles. The molecule has 0 amide bonds. The maximum atomic E-state index is 14.5. The maximum Gasteiger partial charge on any atom is 0.195 e. The standard InChI is InChI=1S/C25H28FN5OS/c26-19-12-17(14-27)7-8-18(19)21-16-31-22-15-28-20(13-24(22)33-25(31)29-21)23(32)6-2-5-11-30-9-3-1-4-10-30/h7-8,12-13,15-16H,1-6,9-11,14,27H2. The van der Waals surface area contributed by atoms with Gasteiger partial charge in [-0.05, 0) is 69.1 Å². The van der Waals surface area contributed by atoms with E-state index in [1.54, 1.807) is 12.3 Å². The fourth-order valence-electron chi connectivity index (χ4n) is 4.51. The molecule has 4 aromatic rings. The van der Waals surface area contributed by atoms with Crippen molar-refractivity contribution in [1.29, 1.82) is 0 Å². The second-order valence-electron chi connectivity index (χ2n) is 8.72. The summed E-state index contributed by atoms with van der Waals surface area (Å²) in [5.41, 5.74) is 8.73. The van der Waals surface area contributed by atoms with Crippen LogP contribution in [0.1, 0.15) is 54.6 Å². The van der Waals surface area contributed by atoms with Crippen molar-refractivity contribution in [3.05, 3.63) is 53.7 Å². The van der Waals surface area contributed by atoms with Gasteiger partial charge in [-0.1, -0.05) is 23.8 Å². The van der Waals surface area contributed by atoms with E-state index in [4.69, 9.17) is 5.73 Å². The average Bonchev–Trinajstić information content (AvgIpc) is 3.39. The quantitative estimate of drug-likeness (QED) is 0.291. The summed E-state index contributed by atoms with van der Waals surface area (Å²) in [6, 6.07) is 6.84. The molecule has 0 unspecified atom stereocenters. The molecule has 1 fully saturated rings. The first-order valence-corrected chi connectivity index (χ1v) is 12.5. The third-order valence-corrected chi connectivity index (χ3v) is 7.41. The molecule has 33 heavy (non-hydrogen) atoms. The van der Waals surface area contributed by atoms with Crippen LogP contribution in [0.25, 0.3) is 26.4 Å². The number of carbonyl (C=O) groups excluding carboxylic acids is 1. The highest BCUT2D eigenvalue weighted by Crippen LogP contribution is 2.31. The highest BCUT2D eigenvalue weighted by molar-refractivity contribution is 7.23. The van der Waals surface area contributed by atoms with Gasteiger partial charge in [-0.15, -0.1) is 0 Å². The number of hydrogen-bond donors (Lipinski definition) is 1. The Morgan fingerprint density at radius 3 is 2.79 bits per heavy atom. The first-order chi connectivity index (χ1) is 16.1. The van der Waals surface area contributed by atoms with Gasteiger partial charge in [0.15, 0.2) is 10.7 Å². The van der Waals surface area contributed by atoms with Gasteiger partial charge >= 0.3 is 0 Å². The number of ketones is 1. The van der Waals surface area contributed by atoms with Crippen molar-refractivity contribution in [2.24, 2.45) is 5.73 Å². The lowest BCUT2D eigenvalue weighted by Crippen LogP contribution is -2.30. The van der Waals surface area contributed by atoms with Crippen LogP contribution in [0, 0.1) is 5.82 Å². The van der Waals surface area contributed by atoms with E-state index in [-0.39, 0.29) is 11.6 Å². The van der Waals surface area contributed by atoms with Gasteiger partial charge in [-0.25, -0.2) is 9.37 Å². The first kappa shape index (κ1) is 22.1. The van der Waals surface area contributed by atoms with Crippen LogP contribution in [0.4, 0.5) is 4.39 Å². The molecule has 0 saturated carbocycles. The fourth-order valence-corrected chi connectivity index (χ4v) is 5.52. The first-order valence-electron chi connectivity index (χ1n) is 11.6. The molecule has 2 N–H and O–H groups in total. The molecule has 0 spiro atoms. The third-order valence-electron chi connectivity index (χ3n) is 6.39. The van der Waals surface area contributed by atoms with Gasteiger partial charge in [0.25, 0.3) is 0 Å². The zero-order valence-corrected chi connectivity index (χ0v) is 19.4. The van der Waals surface area contributed by atoms with Crippen molar-refractivity contribution in [2.75, 3.05) is 19.6 Å². The van der Waals surface area contributed by atoms with Crippen LogP contribution < -0.4 is 5.73 Å². The summed E-state index contributed by atoms with van der Waals surface area (Å²) in [5.74, 6) is -0.247. The minimum atomic E-state index is -0.334. The number of pyridine rings is 1. The summed E-state index contributed by atoms with van der Waals surface area (Å²) in [4.78, 5) is 25.0. The molecule has 0 aliphatic carbocycles. The third kappa shape index (κ3) is 4.69. The molecule has 5 rings (SSSR count). The highest BCUT2D eigenvalue weighted by Gasteiger charge is 2.16. The number of piperidine rings is 1. The van der Waals surface area contributed by atoms with E-state index in [2.05, 4.69) is 14.9 Å². The molecule has 0 bridgehead atoms. The maximum absolute atomic E-state index is 14.5. The minimum Gasteiger partial charge on any atom is -0.326 e. The van der Waals surface area contributed by atoms with Crippen LogP contribution in [-0.4, -0.2) is 44.7 Å². The number of carbonyl (C=O) groups is 1. The van der Waals surface area contributed by atoms with Gasteiger partial charge in [0, 0.05) is 24.7 Å². The number of halogens is 1. The molecule has 0 atom stereocenters. The predicted octanol–water partition coefficient (Wildman–Crippen LogP) is 5.05. The van der Waals surface area contributed by atoms with Crippen molar-refractivity contribution in [3.8, 4) is 11.3 Å². The molecule has 6 nitrogen and oxygen atoms in total. The zero-order chi connectivity index (χ0) is 22.8. The monoisotopic (exact) mass is 465 g/mol. The number of imidazole rings is 1. The summed E-state index contributed by atoms with van der Waals surface area (Å²) < 4.78 is 17.4. The fraction of sp³-hybridized carbons (Fsp3) is 0.400. The van der Waals surface area contributed by atoms with Crippen LogP contribution in [0.5, 0.6) is 0 Å². The highest BCUT2D eigenvalue weighted by atomic mass is 32.1. The van der Waals surface area contributed by atoms with Gasteiger partial charge in [0.1, 0.15) is 11.5 Å². The van der Waals surface area contributed by atoms with E-state index in [1.807, 2.05) is 22.7 Å². The number of rotatable bonds is 8. The molecule has 1 aliphatic heterocycles. The lowest BCUT2D eigenvalue weighted by Gasteiger charge is -2.26. The smallest absolute Gasteiger partial charge is 0.195 e. The molecule has 1 saturated heterocycles. The Balaban J connectivity index is 1.28. The van der Waals surface area contributed by atoms with Crippen molar-refractivity contribution in [1.82, 2.24) is 19.3 Å². The van der Waals surface area contributed by atoms with Crippen LogP contribution >= 0.6 is 11.3 Å². The number of hydrogen-bond acceptors (Lipinski definition) is 6. The summed E-state index contributed by atoms with van der Waals surface area (Å²) in [6.45, 7) is 3.77. The van der Waals surface area contributed by atoms with E-state index < -0.39 is 0 Å². The lowest BCUT2D eigenvalue weighted by molar-refractivity contribution is 0.0972. The molecular weight excluding hydrogens is 437 g/mol. The number of nitrogens with two attached hydrogens (primary N) is 1. The van der Waals surface area contributed by atoms with E-state index >= 15 is 0 Å². The molecule has 0 radical (unpaired) electrons. The predicted molar refractivity (Wildman–Crippen MR) is 130 cm³/mol. The number of benzene rings is 1. The second-order valence-corrected chi connectivity index (χ2v) is 9.73. The Hall–Kier alpha value is -2.68. The van der Waals surface area contributed by atoms with Crippen LogP contribution in [-0.2, 0) is 6.54 Å². The number of Topliss-reactive ketones (excluding diaryl/α,β-unsaturated/α-hetero) is 1. The Labute approximate surface area is 196 Å². The SMILES string of the molecule is NCc1ccc(-c2cn3c(n2)sc2cc(C(=O)CCCCN4CCCCC4)ncc23)c(F)c1. The van der Waals surface area contributed by atoms with Gasteiger partial charge in [0.2, 0.25) is 0 Å². The number of fused-ring (bicyclic) bond motifs is 3. The molecule has 4 heterocycles. The summed E-state index contributed by atoms with van der Waals surface area (Å²) >= 11 is 1.48. The van der Waals surface area contributed by atoms with Gasteiger partial charge in [-0.2, -0.15) is 0 Å². The van der Waals surface area contributed by atoms with Gasteiger partial charge < -0.3 is 10.6 Å². The van der Waals surface area contributed by atoms with E-state index in [0.717, 1.165) is 40.1 Å². The Morgan fingerprint density at radius 1 is 1.15 bits per heavy atom. The Kier molecular flexibility index (Phi) is 6.48. The molecule has 1 aliphatic rings. The van der Waals surface area contributed by atoms with Crippen molar-refractivity contribution in [3.63, 3.8) is 0 Å². The van der Waals surface area contributed by atoms with Crippen LogP contribution in [0.15, 0.2) is 36.7 Å². The van der Waals surface area contributed by atoms with E-state index in [1.165, 1.54) is 49.8 Å². The Bertz CT molecular complexity index is 1290. The minimum absolute atomic E-state index is 0.0874. The average molecular weight is 466 g/mol. The second kappa shape index (κ2) is 9.67. The van der Waals surface area contributed by atoms with Crippen molar-refractivity contribution in [2.45, 2.75) is 45.1 Å². The number of aromatic nitrogens is 3. The number of unbranched alkanes of at least 4 members (excludes halogenated alkanes) is 1. The van der Waals surface area contributed by atoms with E-state index in [0.29, 0.717) is 29.9 Å². The summed E-state index contributed by atoms with van der Waals surface area (Å²) in [6.07, 6.45) is 9.94. The van der Waals surface area contributed by atoms with Crippen molar-refractivity contribution >= 4 is 32.3 Å². The van der Waals surface area contributed by atoms with E-state index in [9.17, 15) is 9.18 Å². The topological polar surface area (TPSA) is 76.5 Å². The molecule has 8 heteroatoms. The Morgan fingerprint density at radius 2 is 2.00 bits per heavy atom. The van der Waals surface area contributed by atoms with Gasteiger partial charge in [-0.3, -0.25) is 14.2 Å². The zero-order valence-electron chi connectivity index (χ0n) is 18.6. The summed E-state index contributed by atoms with van der Waals surface area (Å²) in [5, 5.41) is 0.